The lowest BCUT2D eigenvalue weighted by Gasteiger charge is -2.12. The van der Waals surface area contributed by atoms with Gasteiger partial charge in [0.1, 0.15) is 5.69 Å². The van der Waals surface area contributed by atoms with E-state index >= 15 is 0 Å². The summed E-state index contributed by atoms with van der Waals surface area (Å²) in [5.41, 5.74) is 2.93. The van der Waals surface area contributed by atoms with E-state index in [9.17, 15) is 4.79 Å². The molecule has 4 heteroatoms. The number of hydrogen-bond donors (Lipinski definition) is 1. The highest BCUT2D eigenvalue weighted by Crippen LogP contribution is 2.30. The summed E-state index contributed by atoms with van der Waals surface area (Å²) >= 11 is 1.31. The number of rotatable bonds is 2. The second-order valence-electron chi connectivity index (χ2n) is 4.45. The third-order valence-corrected chi connectivity index (χ3v) is 4.07. The van der Waals surface area contributed by atoms with E-state index in [0.717, 1.165) is 12.8 Å². The monoisotopic (exact) mass is 268 g/mol. The van der Waals surface area contributed by atoms with E-state index in [2.05, 4.69) is 28.4 Å². The van der Waals surface area contributed by atoms with Crippen LogP contribution in [0.1, 0.15) is 39.1 Å². The summed E-state index contributed by atoms with van der Waals surface area (Å²) in [4.78, 5) is 16.2. The maximum atomic E-state index is 12.1. The van der Waals surface area contributed by atoms with Crippen LogP contribution in [-0.2, 0) is 6.42 Å². The van der Waals surface area contributed by atoms with Crippen LogP contribution in [0.2, 0.25) is 0 Å². The first-order valence-corrected chi connectivity index (χ1v) is 6.96. The van der Waals surface area contributed by atoms with Crippen LogP contribution >= 0.6 is 11.3 Å². The summed E-state index contributed by atoms with van der Waals surface area (Å²) in [6, 6.07) is 8.30. The van der Waals surface area contributed by atoms with E-state index in [1.165, 1.54) is 22.5 Å². The van der Waals surface area contributed by atoms with E-state index in [1.807, 2.05) is 12.1 Å². The number of carbonyl (C=O) groups is 1. The summed E-state index contributed by atoms with van der Waals surface area (Å²) in [7, 11) is 0. The van der Waals surface area contributed by atoms with Gasteiger partial charge >= 0.3 is 0 Å². The van der Waals surface area contributed by atoms with Gasteiger partial charge < -0.3 is 5.32 Å². The molecule has 0 saturated heterocycles. The molecule has 1 N–H and O–H groups in total. The summed E-state index contributed by atoms with van der Waals surface area (Å²) in [5.74, 6) is 2.29. The molecular formula is C15H12N2OS. The highest BCUT2D eigenvalue weighted by atomic mass is 32.1. The van der Waals surface area contributed by atoms with Crippen molar-refractivity contribution in [3.05, 3.63) is 51.5 Å². The van der Waals surface area contributed by atoms with Crippen LogP contribution in [0, 0.1) is 12.3 Å². The van der Waals surface area contributed by atoms with Crippen LogP contribution < -0.4 is 5.32 Å². The maximum absolute atomic E-state index is 12.1. The minimum absolute atomic E-state index is 0.0830. The molecule has 1 amide bonds. The molecular weight excluding hydrogens is 256 g/mol. The van der Waals surface area contributed by atoms with Gasteiger partial charge in [-0.2, -0.15) is 0 Å². The zero-order valence-electron chi connectivity index (χ0n) is 10.2. The van der Waals surface area contributed by atoms with Gasteiger partial charge in [-0.15, -0.1) is 17.8 Å². The Labute approximate surface area is 115 Å². The first kappa shape index (κ1) is 11.9. The van der Waals surface area contributed by atoms with Crippen molar-refractivity contribution in [1.29, 1.82) is 0 Å². The number of fused-ring (bicyclic) bond motifs is 1. The molecule has 3 rings (SSSR count). The third kappa shape index (κ3) is 2.25. The minimum atomic E-state index is -0.153. The van der Waals surface area contributed by atoms with E-state index in [4.69, 9.17) is 6.42 Å². The van der Waals surface area contributed by atoms with Crippen LogP contribution in [0.25, 0.3) is 0 Å². The number of nitrogens with one attached hydrogen (secondary N) is 1. The van der Waals surface area contributed by atoms with E-state index < -0.39 is 0 Å². The molecule has 0 aliphatic heterocycles. The lowest BCUT2D eigenvalue weighted by molar-refractivity contribution is 0.0932. The SMILES string of the molecule is C#Cc1nc(C(=O)N[C@H]2CCc3ccccc32)cs1. The van der Waals surface area contributed by atoms with Crippen molar-refractivity contribution in [2.75, 3.05) is 0 Å². The Hall–Kier alpha value is -2.12. The molecule has 19 heavy (non-hydrogen) atoms. The Morgan fingerprint density at radius 2 is 2.32 bits per heavy atom. The molecule has 0 unspecified atom stereocenters. The molecule has 1 heterocycles. The van der Waals surface area contributed by atoms with Gasteiger partial charge in [-0.05, 0) is 29.9 Å². The van der Waals surface area contributed by atoms with Gasteiger partial charge in [0, 0.05) is 5.38 Å². The molecule has 1 atom stereocenters. The molecule has 1 aliphatic carbocycles. The van der Waals surface area contributed by atoms with Gasteiger partial charge in [0.15, 0.2) is 5.01 Å². The average molecular weight is 268 g/mol. The van der Waals surface area contributed by atoms with Crippen LogP contribution in [-0.4, -0.2) is 10.9 Å². The van der Waals surface area contributed by atoms with Crippen LogP contribution in [0.4, 0.5) is 0 Å². The molecule has 94 valence electrons. The highest BCUT2D eigenvalue weighted by Gasteiger charge is 2.24. The van der Waals surface area contributed by atoms with Crippen LogP contribution in [0.15, 0.2) is 29.6 Å². The zero-order chi connectivity index (χ0) is 13.2. The lowest BCUT2D eigenvalue weighted by Crippen LogP contribution is -2.27. The van der Waals surface area contributed by atoms with Crippen molar-refractivity contribution in [3.8, 4) is 12.3 Å². The molecule has 0 bridgehead atoms. The predicted octanol–water partition coefficient (Wildman–Crippen LogP) is 2.54. The molecule has 1 aromatic carbocycles. The van der Waals surface area contributed by atoms with Crippen molar-refractivity contribution >= 4 is 17.2 Å². The number of carbonyl (C=O) groups excluding carboxylic acids is 1. The Kier molecular flexibility index (Phi) is 3.06. The first-order chi connectivity index (χ1) is 9.28. The fraction of sp³-hybridized carbons (Fsp3) is 0.200. The highest BCUT2D eigenvalue weighted by molar-refractivity contribution is 7.10. The van der Waals surface area contributed by atoms with Crippen molar-refractivity contribution in [2.45, 2.75) is 18.9 Å². The molecule has 2 aromatic rings. The van der Waals surface area contributed by atoms with Crippen molar-refractivity contribution in [1.82, 2.24) is 10.3 Å². The summed E-state index contributed by atoms with van der Waals surface area (Å²) in [6.07, 6.45) is 7.21. The first-order valence-electron chi connectivity index (χ1n) is 6.09. The Bertz CT molecular complexity index is 669. The number of terminal acetylenes is 1. The van der Waals surface area contributed by atoms with Gasteiger partial charge in [-0.25, -0.2) is 4.98 Å². The van der Waals surface area contributed by atoms with Gasteiger partial charge in [0.25, 0.3) is 5.91 Å². The maximum Gasteiger partial charge on any atom is 0.271 e. The smallest absolute Gasteiger partial charge is 0.271 e. The molecule has 1 aliphatic rings. The number of nitrogens with zero attached hydrogens (tertiary/aromatic N) is 1. The zero-order valence-corrected chi connectivity index (χ0v) is 11.0. The molecule has 0 spiro atoms. The Morgan fingerprint density at radius 1 is 1.47 bits per heavy atom. The summed E-state index contributed by atoms with van der Waals surface area (Å²) < 4.78 is 0. The third-order valence-electron chi connectivity index (χ3n) is 3.30. The number of hydrogen-bond acceptors (Lipinski definition) is 3. The Balaban J connectivity index is 1.76. The fourth-order valence-corrected chi connectivity index (χ4v) is 2.99. The molecule has 0 saturated carbocycles. The Morgan fingerprint density at radius 3 is 3.11 bits per heavy atom. The normalized spacial score (nSPS) is 16.7. The van der Waals surface area contributed by atoms with Crippen LogP contribution in [0.3, 0.4) is 0 Å². The number of aromatic nitrogens is 1. The number of thiazole rings is 1. The summed E-state index contributed by atoms with van der Waals surface area (Å²) in [6.45, 7) is 0. The lowest BCUT2D eigenvalue weighted by atomic mass is 10.1. The van der Waals surface area contributed by atoms with Gasteiger partial charge in [-0.3, -0.25) is 4.79 Å². The van der Waals surface area contributed by atoms with Gasteiger partial charge in [0.2, 0.25) is 0 Å². The van der Waals surface area contributed by atoms with Crippen LogP contribution in [0.5, 0.6) is 0 Å². The number of benzene rings is 1. The molecule has 1 aromatic heterocycles. The van der Waals surface area contributed by atoms with Gasteiger partial charge in [-0.1, -0.05) is 24.3 Å². The predicted molar refractivity (Wildman–Crippen MR) is 75.0 cm³/mol. The minimum Gasteiger partial charge on any atom is -0.344 e. The number of aryl methyl sites for hydroxylation is 1. The molecule has 3 nitrogen and oxygen atoms in total. The molecule has 0 fully saturated rings. The topological polar surface area (TPSA) is 42.0 Å². The average Bonchev–Trinajstić information content (AvgIpc) is 3.06. The van der Waals surface area contributed by atoms with E-state index in [1.54, 1.807) is 5.38 Å². The van der Waals surface area contributed by atoms with Crippen molar-refractivity contribution in [2.24, 2.45) is 0 Å². The fourth-order valence-electron chi connectivity index (χ4n) is 2.38. The second kappa shape index (κ2) is 4.87. The summed E-state index contributed by atoms with van der Waals surface area (Å²) in [5, 5.41) is 5.26. The standard InChI is InChI=1S/C15H12N2OS/c1-2-14-16-13(9-19-14)15(18)17-12-8-7-10-5-3-4-6-11(10)12/h1,3-6,9,12H,7-8H2,(H,17,18)/t12-/m0/s1. The molecule has 0 radical (unpaired) electrons. The van der Waals surface area contributed by atoms with Crippen molar-refractivity contribution < 1.29 is 4.79 Å². The van der Waals surface area contributed by atoms with E-state index in [0.29, 0.717) is 10.7 Å². The van der Waals surface area contributed by atoms with E-state index in [-0.39, 0.29) is 11.9 Å². The number of amides is 1. The van der Waals surface area contributed by atoms with Crippen molar-refractivity contribution in [3.63, 3.8) is 0 Å². The quantitative estimate of drug-likeness (QED) is 0.850. The van der Waals surface area contributed by atoms with Gasteiger partial charge in [0.05, 0.1) is 6.04 Å². The largest absolute Gasteiger partial charge is 0.344 e. The second-order valence-corrected chi connectivity index (χ2v) is 5.30.